The van der Waals surface area contributed by atoms with Gasteiger partial charge in [0.15, 0.2) is 6.61 Å². The fraction of sp³-hybridized carbons (Fsp3) is 0.136. The van der Waals surface area contributed by atoms with E-state index in [4.69, 9.17) is 4.74 Å². The number of nitrogens with one attached hydrogen (secondary N) is 2. The number of benzene rings is 3. The zero-order chi connectivity index (χ0) is 20.9. The minimum absolute atomic E-state index is 0.109. The molecule has 0 spiro atoms. The highest BCUT2D eigenvalue weighted by Crippen LogP contribution is 2.21. The molecule has 0 aliphatic heterocycles. The van der Waals surface area contributed by atoms with Crippen LogP contribution in [0.3, 0.4) is 0 Å². The highest BCUT2D eigenvalue weighted by Gasteiger charge is 2.15. The van der Waals surface area contributed by atoms with E-state index in [9.17, 15) is 13.2 Å². The van der Waals surface area contributed by atoms with E-state index < -0.39 is 10.0 Å². The Labute approximate surface area is 170 Å². The molecule has 3 aromatic rings. The molecular formula is C22H22N2O4S. The van der Waals surface area contributed by atoms with Crippen LogP contribution in [0.1, 0.15) is 11.1 Å². The monoisotopic (exact) mass is 410 g/mol. The first-order valence-corrected chi connectivity index (χ1v) is 10.5. The lowest BCUT2D eigenvalue weighted by atomic mass is 10.2. The second kappa shape index (κ2) is 8.79. The maximum absolute atomic E-state index is 12.5. The number of para-hydroxylation sites is 1. The summed E-state index contributed by atoms with van der Waals surface area (Å²) in [5.41, 5.74) is 3.10. The molecule has 0 saturated heterocycles. The third kappa shape index (κ3) is 5.58. The summed E-state index contributed by atoms with van der Waals surface area (Å²) in [5, 5.41) is 2.75. The van der Waals surface area contributed by atoms with Gasteiger partial charge in [-0.15, -0.1) is 0 Å². The number of aryl methyl sites for hydroxylation is 2. The zero-order valence-corrected chi connectivity index (χ0v) is 17.0. The van der Waals surface area contributed by atoms with Crippen LogP contribution in [-0.2, 0) is 14.8 Å². The van der Waals surface area contributed by atoms with Gasteiger partial charge in [0.25, 0.3) is 15.9 Å². The largest absolute Gasteiger partial charge is 0.484 e. The van der Waals surface area contributed by atoms with Gasteiger partial charge >= 0.3 is 0 Å². The summed E-state index contributed by atoms with van der Waals surface area (Å²) in [6.45, 7) is 3.59. The van der Waals surface area contributed by atoms with Gasteiger partial charge in [-0.2, -0.15) is 0 Å². The van der Waals surface area contributed by atoms with Crippen molar-refractivity contribution in [2.75, 3.05) is 16.6 Å². The van der Waals surface area contributed by atoms with E-state index in [2.05, 4.69) is 10.0 Å². The smallest absolute Gasteiger partial charge is 0.262 e. The van der Waals surface area contributed by atoms with Crippen LogP contribution in [0.5, 0.6) is 5.75 Å². The van der Waals surface area contributed by atoms with Gasteiger partial charge in [0.05, 0.1) is 10.6 Å². The maximum Gasteiger partial charge on any atom is 0.262 e. The number of hydrogen-bond acceptors (Lipinski definition) is 4. The van der Waals surface area contributed by atoms with E-state index in [1.807, 2.05) is 44.2 Å². The van der Waals surface area contributed by atoms with Crippen molar-refractivity contribution in [1.82, 2.24) is 0 Å². The number of hydrogen-bond donors (Lipinski definition) is 2. The Hall–Kier alpha value is -3.32. The molecule has 2 N–H and O–H groups in total. The lowest BCUT2D eigenvalue weighted by molar-refractivity contribution is -0.118. The molecule has 7 heteroatoms. The van der Waals surface area contributed by atoms with E-state index in [-0.39, 0.29) is 17.4 Å². The lowest BCUT2D eigenvalue weighted by Gasteiger charge is -2.11. The Morgan fingerprint density at radius 3 is 2.34 bits per heavy atom. The molecule has 0 aliphatic carbocycles. The molecule has 6 nitrogen and oxygen atoms in total. The number of anilines is 2. The van der Waals surface area contributed by atoms with Crippen molar-refractivity contribution in [2.24, 2.45) is 0 Å². The summed E-state index contributed by atoms with van der Waals surface area (Å²) < 4.78 is 33.1. The van der Waals surface area contributed by atoms with E-state index in [1.165, 1.54) is 24.3 Å². The Kier molecular flexibility index (Phi) is 6.19. The van der Waals surface area contributed by atoms with E-state index in [0.29, 0.717) is 17.1 Å². The van der Waals surface area contributed by atoms with Gasteiger partial charge in [0.2, 0.25) is 0 Å². The predicted molar refractivity (Wildman–Crippen MR) is 114 cm³/mol. The molecule has 0 saturated carbocycles. The van der Waals surface area contributed by atoms with Crippen molar-refractivity contribution in [2.45, 2.75) is 18.7 Å². The second-order valence-corrected chi connectivity index (χ2v) is 8.28. The zero-order valence-electron chi connectivity index (χ0n) is 16.2. The minimum atomic E-state index is -3.71. The van der Waals surface area contributed by atoms with Gasteiger partial charge in [0.1, 0.15) is 5.75 Å². The molecule has 29 heavy (non-hydrogen) atoms. The standard InChI is InChI=1S/C22H22N2O4S/c1-16-6-5-8-18(14-16)23-22(25)15-28-19-10-12-20(13-11-19)29(26,27)24-21-9-4-3-7-17(21)2/h3-14,24H,15H2,1-2H3,(H,23,25). The molecule has 0 fully saturated rings. The highest BCUT2D eigenvalue weighted by atomic mass is 32.2. The Morgan fingerprint density at radius 1 is 0.931 bits per heavy atom. The van der Waals surface area contributed by atoms with Crippen molar-refractivity contribution < 1.29 is 17.9 Å². The van der Waals surface area contributed by atoms with Gasteiger partial charge in [-0.05, 0) is 67.4 Å². The molecule has 0 heterocycles. The van der Waals surface area contributed by atoms with Gasteiger partial charge in [-0.25, -0.2) is 8.42 Å². The van der Waals surface area contributed by atoms with Crippen LogP contribution in [0.15, 0.2) is 77.7 Å². The summed E-state index contributed by atoms with van der Waals surface area (Å²) in [7, 11) is -3.71. The summed E-state index contributed by atoms with van der Waals surface area (Å²) in [6, 6.07) is 20.5. The van der Waals surface area contributed by atoms with E-state index in [0.717, 1.165) is 11.1 Å². The van der Waals surface area contributed by atoms with Crippen LogP contribution >= 0.6 is 0 Å². The van der Waals surface area contributed by atoms with Crippen LogP contribution in [-0.4, -0.2) is 20.9 Å². The fourth-order valence-electron chi connectivity index (χ4n) is 2.67. The molecule has 0 radical (unpaired) electrons. The third-order valence-corrected chi connectivity index (χ3v) is 5.58. The molecular weight excluding hydrogens is 388 g/mol. The Morgan fingerprint density at radius 2 is 1.66 bits per heavy atom. The minimum Gasteiger partial charge on any atom is -0.484 e. The van der Waals surface area contributed by atoms with Crippen molar-refractivity contribution in [3.8, 4) is 5.75 Å². The SMILES string of the molecule is Cc1cccc(NC(=O)COc2ccc(S(=O)(=O)Nc3ccccc3C)cc2)c1. The second-order valence-electron chi connectivity index (χ2n) is 6.60. The van der Waals surface area contributed by atoms with Crippen molar-refractivity contribution in [1.29, 1.82) is 0 Å². The van der Waals surface area contributed by atoms with Crippen LogP contribution in [0.25, 0.3) is 0 Å². The maximum atomic E-state index is 12.5. The molecule has 3 aromatic carbocycles. The molecule has 3 rings (SSSR count). The van der Waals surface area contributed by atoms with Gasteiger partial charge in [0, 0.05) is 5.69 Å². The third-order valence-electron chi connectivity index (χ3n) is 4.20. The Bertz CT molecular complexity index is 1110. The predicted octanol–water partition coefficient (Wildman–Crippen LogP) is 4.12. The molecule has 1 amide bonds. The lowest BCUT2D eigenvalue weighted by Crippen LogP contribution is -2.20. The van der Waals surface area contributed by atoms with Gasteiger partial charge < -0.3 is 10.1 Å². The Balaban J connectivity index is 1.59. The fourth-order valence-corrected chi connectivity index (χ4v) is 3.81. The summed E-state index contributed by atoms with van der Waals surface area (Å²) in [5.74, 6) is 0.104. The molecule has 150 valence electrons. The van der Waals surface area contributed by atoms with E-state index >= 15 is 0 Å². The molecule has 0 aliphatic rings. The number of carbonyl (C=O) groups excluding carboxylic acids is 1. The summed E-state index contributed by atoms with van der Waals surface area (Å²) in [6.07, 6.45) is 0. The molecule has 0 aromatic heterocycles. The van der Waals surface area contributed by atoms with Crippen LogP contribution in [0.2, 0.25) is 0 Å². The van der Waals surface area contributed by atoms with Crippen LogP contribution < -0.4 is 14.8 Å². The number of amides is 1. The van der Waals surface area contributed by atoms with Crippen molar-refractivity contribution in [3.63, 3.8) is 0 Å². The first kappa shape index (κ1) is 20.4. The molecule has 0 unspecified atom stereocenters. The average molecular weight is 410 g/mol. The quantitative estimate of drug-likeness (QED) is 0.614. The van der Waals surface area contributed by atoms with Crippen LogP contribution in [0.4, 0.5) is 11.4 Å². The number of rotatable bonds is 7. The number of sulfonamides is 1. The molecule has 0 atom stereocenters. The van der Waals surface area contributed by atoms with Crippen LogP contribution in [0, 0.1) is 13.8 Å². The van der Waals surface area contributed by atoms with Crippen molar-refractivity contribution >= 4 is 27.3 Å². The number of carbonyl (C=O) groups is 1. The van der Waals surface area contributed by atoms with Gasteiger partial charge in [-0.1, -0.05) is 30.3 Å². The first-order valence-electron chi connectivity index (χ1n) is 9.01. The first-order chi connectivity index (χ1) is 13.8. The van der Waals surface area contributed by atoms with Gasteiger partial charge in [-0.3, -0.25) is 9.52 Å². The molecule has 0 bridgehead atoms. The van der Waals surface area contributed by atoms with E-state index in [1.54, 1.807) is 18.2 Å². The number of ether oxygens (including phenoxy) is 1. The topological polar surface area (TPSA) is 84.5 Å². The normalized spacial score (nSPS) is 11.0. The van der Waals surface area contributed by atoms with Crippen molar-refractivity contribution in [3.05, 3.63) is 83.9 Å². The summed E-state index contributed by atoms with van der Waals surface area (Å²) in [4.78, 5) is 12.1. The average Bonchev–Trinajstić information content (AvgIpc) is 2.68. The highest BCUT2D eigenvalue weighted by molar-refractivity contribution is 7.92. The summed E-state index contributed by atoms with van der Waals surface area (Å²) >= 11 is 0.